The van der Waals surface area contributed by atoms with Crippen LogP contribution in [0.4, 0.5) is 0 Å². The highest BCUT2D eigenvalue weighted by atomic mass is 16.7. The minimum atomic E-state index is -0.384. The van der Waals surface area contributed by atoms with Crippen molar-refractivity contribution in [3.8, 4) is 44.5 Å². The second-order valence-corrected chi connectivity index (χ2v) is 15.0. The number of rotatable bonds is 4. The second-order valence-electron chi connectivity index (χ2n) is 15.0. The molecule has 2 saturated heterocycles. The van der Waals surface area contributed by atoms with E-state index >= 15 is 0 Å². The van der Waals surface area contributed by atoms with E-state index in [9.17, 15) is 0 Å². The molecular weight excluding hydrogens is 566 g/mol. The Morgan fingerprint density at radius 3 is 1.09 bits per heavy atom. The molecule has 230 valence electrons. The predicted molar refractivity (Wildman–Crippen MR) is 191 cm³/mol. The van der Waals surface area contributed by atoms with Gasteiger partial charge in [0.2, 0.25) is 0 Å². The summed E-state index contributed by atoms with van der Waals surface area (Å²) in [7, 11) is -0.768. The van der Waals surface area contributed by atoms with Crippen molar-refractivity contribution in [2.75, 3.05) is 0 Å². The molecule has 46 heavy (non-hydrogen) atoms. The smallest absolute Gasteiger partial charge is 0.399 e. The lowest BCUT2D eigenvalue weighted by molar-refractivity contribution is 0.00578. The second kappa shape index (κ2) is 9.92. The minimum absolute atomic E-state index is 0.375. The van der Waals surface area contributed by atoms with Gasteiger partial charge in [-0.3, -0.25) is 0 Å². The molecule has 5 aromatic carbocycles. The largest absolute Gasteiger partial charge is 0.494 e. The van der Waals surface area contributed by atoms with Crippen LogP contribution in [0, 0.1) is 0 Å². The van der Waals surface area contributed by atoms with Crippen molar-refractivity contribution in [2.45, 2.75) is 77.8 Å². The van der Waals surface area contributed by atoms with Crippen LogP contribution in [0.5, 0.6) is 0 Å². The fraction of sp³-hybridized carbons (Fsp3) is 0.300. The lowest BCUT2D eigenvalue weighted by atomic mass is 9.77. The first-order chi connectivity index (χ1) is 21.8. The third kappa shape index (κ3) is 4.38. The van der Waals surface area contributed by atoms with Gasteiger partial charge in [-0.25, -0.2) is 0 Å². The Bertz CT molecular complexity index is 1840. The van der Waals surface area contributed by atoms with Gasteiger partial charge in [0.05, 0.1) is 22.4 Å². The van der Waals surface area contributed by atoms with Crippen molar-refractivity contribution in [1.82, 2.24) is 0 Å². The maximum Gasteiger partial charge on any atom is 0.494 e. The molecular formula is C40H40B2O4. The first kappa shape index (κ1) is 29.7. The maximum absolute atomic E-state index is 6.34. The van der Waals surface area contributed by atoms with Gasteiger partial charge >= 0.3 is 14.2 Å². The topological polar surface area (TPSA) is 36.9 Å². The molecule has 3 aliphatic rings. The number of hydrogen-bond acceptors (Lipinski definition) is 4. The highest BCUT2D eigenvalue weighted by molar-refractivity contribution is 6.62. The van der Waals surface area contributed by atoms with E-state index in [2.05, 4.69) is 152 Å². The summed E-state index contributed by atoms with van der Waals surface area (Å²) in [5.41, 5.74) is 10.5. The van der Waals surface area contributed by atoms with Crippen LogP contribution in [0.2, 0.25) is 0 Å². The number of benzene rings is 5. The zero-order valence-corrected chi connectivity index (χ0v) is 28.0. The van der Waals surface area contributed by atoms with Gasteiger partial charge < -0.3 is 18.6 Å². The van der Waals surface area contributed by atoms with Gasteiger partial charge in [0.25, 0.3) is 0 Å². The fourth-order valence-corrected chi connectivity index (χ4v) is 7.00. The molecule has 2 aliphatic heterocycles. The van der Waals surface area contributed by atoms with E-state index in [0.29, 0.717) is 0 Å². The zero-order chi connectivity index (χ0) is 32.2. The summed E-state index contributed by atoms with van der Waals surface area (Å²) in [6, 6.07) is 35.3. The molecule has 2 heterocycles. The SMILES string of the molecule is CC1(C)OB(c2ccc(-c3ccc(-c4ccc(B5OC(C)(C)C(C)(C)O5)cc4)c4c3-c3cccc5cccc-4c35)cc2)OC1(C)C. The Kier molecular flexibility index (Phi) is 6.41. The van der Waals surface area contributed by atoms with Crippen molar-refractivity contribution >= 4 is 35.9 Å². The van der Waals surface area contributed by atoms with E-state index in [1.807, 2.05) is 0 Å². The summed E-state index contributed by atoms with van der Waals surface area (Å²) in [5.74, 6) is 0. The van der Waals surface area contributed by atoms with Crippen LogP contribution >= 0.6 is 0 Å². The third-order valence-corrected chi connectivity index (χ3v) is 11.1. The minimum Gasteiger partial charge on any atom is -0.399 e. The van der Waals surface area contributed by atoms with Gasteiger partial charge in [-0.1, -0.05) is 97.1 Å². The molecule has 0 aromatic heterocycles. The molecule has 5 aromatic rings. The van der Waals surface area contributed by atoms with Gasteiger partial charge in [-0.2, -0.15) is 0 Å². The average Bonchev–Trinajstić information content (AvgIpc) is 3.56. The monoisotopic (exact) mass is 606 g/mol. The van der Waals surface area contributed by atoms with Crippen LogP contribution < -0.4 is 10.9 Å². The summed E-state index contributed by atoms with van der Waals surface area (Å²) in [4.78, 5) is 0. The van der Waals surface area contributed by atoms with Crippen LogP contribution in [-0.2, 0) is 18.6 Å². The van der Waals surface area contributed by atoms with Crippen molar-refractivity contribution in [3.05, 3.63) is 97.1 Å². The van der Waals surface area contributed by atoms with E-state index in [1.165, 1.54) is 55.3 Å². The van der Waals surface area contributed by atoms with Gasteiger partial charge in [-0.05, 0) is 122 Å². The molecule has 0 unspecified atom stereocenters. The predicted octanol–water partition coefficient (Wildman–Crippen LogP) is 8.42. The highest BCUT2D eigenvalue weighted by Gasteiger charge is 2.52. The zero-order valence-electron chi connectivity index (χ0n) is 28.0. The van der Waals surface area contributed by atoms with Crippen LogP contribution in [0.3, 0.4) is 0 Å². The number of fused-ring (bicyclic) bond motifs is 3. The normalized spacial score (nSPS) is 20.0. The first-order valence-electron chi connectivity index (χ1n) is 16.4. The first-order valence-corrected chi connectivity index (χ1v) is 16.4. The molecule has 0 spiro atoms. The standard InChI is InChI=1S/C40H40B2O4/c1-37(2)38(3,4)44-41(43-37)28-19-15-25(16-20-28)30-23-24-31(36-33-14-10-12-27-11-9-13-32(34(27)33)35(30)36)26-17-21-29(22-18-26)42-45-39(5,6)40(7,8)46-42/h9-24H,1-8H3. The fourth-order valence-electron chi connectivity index (χ4n) is 7.00. The molecule has 1 aliphatic carbocycles. The summed E-state index contributed by atoms with van der Waals surface area (Å²) in [6.07, 6.45) is 0. The van der Waals surface area contributed by atoms with Crippen LogP contribution in [0.25, 0.3) is 55.3 Å². The van der Waals surface area contributed by atoms with E-state index in [1.54, 1.807) is 0 Å². The van der Waals surface area contributed by atoms with Gasteiger partial charge in [0.15, 0.2) is 0 Å². The molecule has 0 bridgehead atoms. The van der Waals surface area contributed by atoms with Gasteiger partial charge in [-0.15, -0.1) is 0 Å². The van der Waals surface area contributed by atoms with E-state index < -0.39 is 0 Å². The highest BCUT2D eigenvalue weighted by Crippen LogP contribution is 2.54. The van der Waals surface area contributed by atoms with Crippen molar-refractivity contribution in [3.63, 3.8) is 0 Å². The van der Waals surface area contributed by atoms with Gasteiger partial charge in [0, 0.05) is 0 Å². The van der Waals surface area contributed by atoms with E-state index in [0.717, 1.165) is 10.9 Å². The van der Waals surface area contributed by atoms with Crippen molar-refractivity contribution < 1.29 is 18.6 Å². The summed E-state index contributed by atoms with van der Waals surface area (Å²) >= 11 is 0. The molecule has 2 fully saturated rings. The van der Waals surface area contributed by atoms with Crippen LogP contribution in [-0.4, -0.2) is 36.6 Å². The quantitative estimate of drug-likeness (QED) is 0.189. The van der Waals surface area contributed by atoms with E-state index in [-0.39, 0.29) is 36.6 Å². The summed E-state index contributed by atoms with van der Waals surface area (Å²) in [6.45, 7) is 16.7. The Morgan fingerprint density at radius 1 is 0.391 bits per heavy atom. The molecule has 0 N–H and O–H groups in total. The van der Waals surface area contributed by atoms with E-state index in [4.69, 9.17) is 18.6 Å². The van der Waals surface area contributed by atoms with Crippen molar-refractivity contribution in [1.29, 1.82) is 0 Å². The summed E-state index contributed by atoms with van der Waals surface area (Å²) in [5, 5.41) is 2.58. The van der Waals surface area contributed by atoms with Gasteiger partial charge in [0.1, 0.15) is 0 Å². The third-order valence-electron chi connectivity index (χ3n) is 11.1. The van der Waals surface area contributed by atoms with Crippen LogP contribution in [0.15, 0.2) is 97.1 Å². The average molecular weight is 606 g/mol. The molecule has 0 atom stereocenters. The molecule has 4 nitrogen and oxygen atoms in total. The Hall–Kier alpha value is -3.67. The van der Waals surface area contributed by atoms with Crippen LogP contribution in [0.1, 0.15) is 55.4 Å². The lowest BCUT2D eigenvalue weighted by Gasteiger charge is -2.32. The summed E-state index contributed by atoms with van der Waals surface area (Å²) < 4.78 is 25.4. The molecule has 8 rings (SSSR count). The molecule has 0 saturated carbocycles. The Labute approximate surface area is 273 Å². The Morgan fingerprint density at radius 2 is 0.739 bits per heavy atom. The Balaban J connectivity index is 1.21. The lowest BCUT2D eigenvalue weighted by Crippen LogP contribution is -2.41. The maximum atomic E-state index is 6.34. The molecule has 6 heteroatoms. The molecule has 0 amide bonds. The van der Waals surface area contributed by atoms with Crippen molar-refractivity contribution in [2.24, 2.45) is 0 Å². The molecule has 0 radical (unpaired) electrons. The number of hydrogen-bond donors (Lipinski definition) is 0.